The molecule has 4 heterocycles. The number of hydrogen-bond acceptors (Lipinski definition) is 8. The van der Waals surface area contributed by atoms with E-state index < -0.39 is 0 Å². The fourth-order valence-corrected chi connectivity index (χ4v) is 4.68. The van der Waals surface area contributed by atoms with Crippen molar-refractivity contribution >= 4 is 50.6 Å². The van der Waals surface area contributed by atoms with Gasteiger partial charge in [-0.1, -0.05) is 24.3 Å². The largest absolute Gasteiger partial charge is 0.324 e. The van der Waals surface area contributed by atoms with E-state index in [9.17, 15) is 4.79 Å². The van der Waals surface area contributed by atoms with Crippen LogP contribution in [0.4, 0.5) is 11.6 Å². The standard InChI is InChI=1S/C24H20N8OS/c1-30(2)14-15-7-9-16(10-8-15)27-23-26-13-18-20(29-23)28-21-17-5-3-4-6-19(17)31(32(21)22(18)33)24-25-11-12-34-24/h3-13H,14H2,1-2H3,(H,26,27,29). The third kappa shape index (κ3) is 3.40. The first-order chi connectivity index (χ1) is 16.6. The Labute approximate surface area is 198 Å². The zero-order valence-electron chi connectivity index (χ0n) is 18.5. The first kappa shape index (κ1) is 20.5. The molecule has 0 radical (unpaired) electrons. The van der Waals surface area contributed by atoms with Gasteiger partial charge >= 0.3 is 0 Å². The Balaban J connectivity index is 1.48. The van der Waals surface area contributed by atoms with Crippen LogP contribution in [0, 0.1) is 0 Å². The van der Waals surface area contributed by atoms with Crippen molar-refractivity contribution in [3.05, 3.63) is 82.2 Å². The second-order valence-electron chi connectivity index (χ2n) is 8.19. The van der Waals surface area contributed by atoms with Crippen LogP contribution in [-0.4, -0.2) is 48.1 Å². The van der Waals surface area contributed by atoms with Gasteiger partial charge in [0.2, 0.25) is 11.1 Å². The second-order valence-corrected chi connectivity index (χ2v) is 9.06. The minimum Gasteiger partial charge on any atom is -0.324 e. The summed E-state index contributed by atoms with van der Waals surface area (Å²) >= 11 is 1.45. The monoisotopic (exact) mass is 468 g/mol. The fraction of sp³-hybridized carbons (Fsp3) is 0.125. The quantitative estimate of drug-likeness (QED) is 0.411. The third-order valence-corrected chi connectivity index (χ3v) is 6.23. The highest BCUT2D eigenvalue weighted by Gasteiger charge is 2.19. The Bertz CT molecular complexity index is 1700. The number of aromatic nitrogens is 6. The van der Waals surface area contributed by atoms with Gasteiger partial charge in [0.25, 0.3) is 5.56 Å². The Kier molecular flexibility index (Phi) is 4.82. The Hall–Kier alpha value is -4.15. The van der Waals surface area contributed by atoms with Crippen LogP contribution in [0.15, 0.2) is 71.1 Å². The SMILES string of the molecule is CN(C)Cc1ccc(Nc2ncc3c(=O)n4c(nc3n2)c2ccccc2n4-c2nccs2)cc1. The molecule has 0 aliphatic heterocycles. The minimum absolute atomic E-state index is 0.244. The van der Waals surface area contributed by atoms with E-state index in [0.29, 0.717) is 27.8 Å². The summed E-state index contributed by atoms with van der Waals surface area (Å²) in [5.41, 5.74) is 3.55. The van der Waals surface area contributed by atoms with E-state index in [1.165, 1.54) is 23.1 Å². The molecule has 4 aromatic heterocycles. The fourth-order valence-electron chi connectivity index (χ4n) is 4.04. The van der Waals surface area contributed by atoms with Crippen LogP contribution >= 0.6 is 11.3 Å². The van der Waals surface area contributed by atoms with Crippen LogP contribution in [-0.2, 0) is 6.54 Å². The first-order valence-electron chi connectivity index (χ1n) is 10.7. The first-order valence-corrected chi connectivity index (χ1v) is 11.6. The van der Waals surface area contributed by atoms with Crippen LogP contribution in [0.25, 0.3) is 32.7 Å². The zero-order chi connectivity index (χ0) is 23.2. The lowest BCUT2D eigenvalue weighted by Crippen LogP contribution is -2.21. The maximum atomic E-state index is 13.5. The lowest BCUT2D eigenvalue weighted by atomic mass is 10.2. The summed E-state index contributed by atoms with van der Waals surface area (Å²) in [6.07, 6.45) is 3.24. The predicted molar refractivity (Wildman–Crippen MR) is 134 cm³/mol. The number of fused-ring (bicyclic) bond motifs is 4. The maximum absolute atomic E-state index is 13.5. The molecule has 0 aliphatic rings. The van der Waals surface area contributed by atoms with Gasteiger partial charge in [0.1, 0.15) is 5.39 Å². The van der Waals surface area contributed by atoms with Gasteiger partial charge in [-0.05, 0) is 43.9 Å². The molecule has 10 heteroatoms. The molecule has 0 spiro atoms. The molecular weight excluding hydrogens is 448 g/mol. The van der Waals surface area contributed by atoms with Gasteiger partial charge in [0.15, 0.2) is 11.3 Å². The number of para-hydroxylation sites is 1. The average Bonchev–Trinajstić information content (AvgIpc) is 3.46. The molecular formula is C24H20N8OS. The highest BCUT2D eigenvalue weighted by Crippen LogP contribution is 2.26. The van der Waals surface area contributed by atoms with Crippen molar-refractivity contribution in [2.45, 2.75) is 6.54 Å². The van der Waals surface area contributed by atoms with E-state index in [0.717, 1.165) is 23.1 Å². The molecule has 0 saturated carbocycles. The summed E-state index contributed by atoms with van der Waals surface area (Å²) in [5.74, 6) is 0.382. The molecule has 0 bridgehead atoms. The summed E-state index contributed by atoms with van der Waals surface area (Å²) in [5, 5.41) is 6.96. The molecule has 34 heavy (non-hydrogen) atoms. The lowest BCUT2D eigenvalue weighted by molar-refractivity contribution is 0.402. The van der Waals surface area contributed by atoms with Gasteiger partial charge < -0.3 is 10.2 Å². The zero-order valence-corrected chi connectivity index (χ0v) is 19.3. The number of rotatable bonds is 5. The van der Waals surface area contributed by atoms with E-state index in [1.807, 2.05) is 55.9 Å². The van der Waals surface area contributed by atoms with Crippen molar-refractivity contribution in [1.29, 1.82) is 0 Å². The normalized spacial score (nSPS) is 11.7. The Morgan fingerprint density at radius 3 is 2.59 bits per heavy atom. The highest BCUT2D eigenvalue weighted by molar-refractivity contribution is 7.12. The summed E-state index contributed by atoms with van der Waals surface area (Å²) in [6.45, 7) is 0.866. The van der Waals surface area contributed by atoms with Crippen LogP contribution in [0.3, 0.4) is 0 Å². The molecule has 0 fully saturated rings. The number of hydrogen-bond donors (Lipinski definition) is 1. The molecule has 0 unspecified atom stereocenters. The van der Waals surface area contributed by atoms with Crippen molar-refractivity contribution in [2.75, 3.05) is 19.4 Å². The number of nitrogens with one attached hydrogen (secondary N) is 1. The Morgan fingerprint density at radius 1 is 1.00 bits per heavy atom. The van der Waals surface area contributed by atoms with E-state index in [1.54, 1.807) is 15.4 Å². The predicted octanol–water partition coefficient (Wildman–Crippen LogP) is 3.84. The van der Waals surface area contributed by atoms with Crippen LogP contribution < -0.4 is 10.9 Å². The molecule has 2 aromatic carbocycles. The minimum atomic E-state index is -0.244. The topological polar surface area (TPSA) is 93.2 Å². The van der Waals surface area contributed by atoms with E-state index >= 15 is 0 Å². The van der Waals surface area contributed by atoms with Crippen molar-refractivity contribution in [2.24, 2.45) is 0 Å². The smallest absolute Gasteiger partial charge is 0.284 e. The molecule has 1 N–H and O–H groups in total. The summed E-state index contributed by atoms with van der Waals surface area (Å²) in [6, 6.07) is 15.9. The summed E-state index contributed by atoms with van der Waals surface area (Å²) < 4.78 is 3.34. The highest BCUT2D eigenvalue weighted by atomic mass is 32.1. The lowest BCUT2D eigenvalue weighted by Gasteiger charge is -2.10. The van der Waals surface area contributed by atoms with Crippen molar-refractivity contribution < 1.29 is 0 Å². The Morgan fingerprint density at radius 2 is 1.82 bits per heavy atom. The van der Waals surface area contributed by atoms with E-state index in [4.69, 9.17) is 4.98 Å². The number of thiazole rings is 1. The van der Waals surface area contributed by atoms with Gasteiger partial charge in [0.05, 0.1) is 5.52 Å². The van der Waals surface area contributed by atoms with Crippen molar-refractivity contribution in [1.82, 2.24) is 34.0 Å². The summed E-state index contributed by atoms with van der Waals surface area (Å²) in [7, 11) is 4.08. The number of benzene rings is 2. The van der Waals surface area contributed by atoms with E-state index in [2.05, 4.69) is 37.3 Å². The van der Waals surface area contributed by atoms with Crippen molar-refractivity contribution in [3.63, 3.8) is 0 Å². The molecule has 6 aromatic rings. The molecule has 0 atom stereocenters. The van der Waals surface area contributed by atoms with Crippen LogP contribution in [0.2, 0.25) is 0 Å². The van der Waals surface area contributed by atoms with Gasteiger partial charge in [-0.2, -0.15) is 9.50 Å². The molecule has 168 valence electrons. The van der Waals surface area contributed by atoms with Crippen molar-refractivity contribution in [3.8, 4) is 5.13 Å². The molecule has 6 rings (SSSR count). The third-order valence-electron chi connectivity index (χ3n) is 5.49. The van der Waals surface area contributed by atoms with Gasteiger partial charge in [-0.15, -0.1) is 11.3 Å². The number of nitrogens with zero attached hydrogens (tertiary/aromatic N) is 7. The maximum Gasteiger partial charge on any atom is 0.284 e. The van der Waals surface area contributed by atoms with E-state index in [-0.39, 0.29) is 5.56 Å². The van der Waals surface area contributed by atoms with Crippen LogP contribution in [0.5, 0.6) is 0 Å². The molecule has 0 saturated heterocycles. The molecule has 9 nitrogen and oxygen atoms in total. The molecule has 0 amide bonds. The van der Waals surface area contributed by atoms with Gasteiger partial charge in [-0.3, -0.25) is 4.79 Å². The van der Waals surface area contributed by atoms with Gasteiger partial charge in [0, 0.05) is 35.4 Å². The average molecular weight is 469 g/mol. The van der Waals surface area contributed by atoms with Gasteiger partial charge in [-0.25, -0.2) is 19.6 Å². The molecule has 0 aliphatic carbocycles. The number of anilines is 2. The van der Waals surface area contributed by atoms with Crippen LogP contribution in [0.1, 0.15) is 5.56 Å². The summed E-state index contributed by atoms with van der Waals surface area (Å²) in [4.78, 5) is 33.8. The second kappa shape index (κ2) is 8.01.